The highest BCUT2D eigenvalue weighted by atomic mass is 19.1. The van der Waals surface area contributed by atoms with Crippen LogP contribution in [0.5, 0.6) is 0 Å². The summed E-state index contributed by atoms with van der Waals surface area (Å²) in [4.78, 5) is 16.2. The second kappa shape index (κ2) is 7.85. The van der Waals surface area contributed by atoms with Crippen molar-refractivity contribution >= 4 is 16.9 Å². The van der Waals surface area contributed by atoms with Crippen molar-refractivity contribution < 1.29 is 14.4 Å². The fourth-order valence-corrected chi connectivity index (χ4v) is 3.11. The molecule has 1 unspecified atom stereocenters. The minimum absolute atomic E-state index is 0.285. The lowest BCUT2D eigenvalue weighted by Gasteiger charge is -2.12. The van der Waals surface area contributed by atoms with Crippen LogP contribution in [0.1, 0.15) is 28.9 Å². The summed E-state index contributed by atoms with van der Waals surface area (Å²) in [6.07, 6.45) is 0.785. The molecule has 2 aromatic carbocycles. The van der Waals surface area contributed by atoms with E-state index in [-0.39, 0.29) is 5.82 Å². The molecule has 142 valence electrons. The standard InChI is InChI=1S/C20H23FN4O2/c1-12-8-17-18(9-13(12)2)25(11-14-4-3-5-15(21)10-14)19(23-17)7-6-16(22)20(26)24-27/h3-5,8-10,16,27H,6-7,11,22H2,1-2H3,(H,24,26). The van der Waals surface area contributed by atoms with Crippen molar-refractivity contribution in [2.75, 3.05) is 0 Å². The lowest BCUT2D eigenvalue weighted by atomic mass is 10.1. The third kappa shape index (κ3) is 4.15. The Morgan fingerprint density at radius 1 is 1.30 bits per heavy atom. The van der Waals surface area contributed by atoms with Crippen LogP contribution in [0.3, 0.4) is 0 Å². The topological polar surface area (TPSA) is 93.2 Å². The van der Waals surface area contributed by atoms with E-state index in [0.717, 1.165) is 33.5 Å². The maximum Gasteiger partial charge on any atom is 0.260 e. The first-order valence-electron chi connectivity index (χ1n) is 8.79. The summed E-state index contributed by atoms with van der Waals surface area (Å²) in [5.74, 6) is -0.151. The molecule has 0 bridgehead atoms. The van der Waals surface area contributed by atoms with Crippen molar-refractivity contribution in [2.45, 2.75) is 39.3 Å². The van der Waals surface area contributed by atoms with E-state index < -0.39 is 11.9 Å². The maximum absolute atomic E-state index is 13.6. The van der Waals surface area contributed by atoms with Gasteiger partial charge >= 0.3 is 0 Å². The second-order valence-corrected chi connectivity index (χ2v) is 6.79. The molecule has 0 saturated carbocycles. The molecule has 1 aromatic heterocycles. The molecule has 0 aliphatic heterocycles. The molecule has 0 saturated heterocycles. The van der Waals surface area contributed by atoms with E-state index in [9.17, 15) is 9.18 Å². The number of hydrogen-bond acceptors (Lipinski definition) is 4. The van der Waals surface area contributed by atoms with Crippen LogP contribution in [0.25, 0.3) is 11.0 Å². The molecule has 0 aliphatic carbocycles. The quantitative estimate of drug-likeness (QED) is 0.459. The van der Waals surface area contributed by atoms with Crippen LogP contribution in [-0.4, -0.2) is 26.7 Å². The molecule has 3 aromatic rings. The van der Waals surface area contributed by atoms with E-state index in [0.29, 0.717) is 19.4 Å². The first-order valence-corrected chi connectivity index (χ1v) is 8.79. The highest BCUT2D eigenvalue weighted by molar-refractivity contribution is 5.80. The maximum atomic E-state index is 13.6. The van der Waals surface area contributed by atoms with Crippen molar-refractivity contribution in [3.05, 3.63) is 64.7 Å². The van der Waals surface area contributed by atoms with Gasteiger partial charge in [0.15, 0.2) is 0 Å². The van der Waals surface area contributed by atoms with Crippen molar-refractivity contribution in [1.29, 1.82) is 0 Å². The highest BCUT2D eigenvalue weighted by Crippen LogP contribution is 2.23. The van der Waals surface area contributed by atoms with Gasteiger partial charge in [0.2, 0.25) is 0 Å². The Bertz CT molecular complexity index is 984. The number of benzene rings is 2. The fraction of sp³-hybridized carbons (Fsp3) is 0.300. The Hall–Kier alpha value is -2.77. The van der Waals surface area contributed by atoms with E-state index in [1.807, 2.05) is 30.5 Å². The first-order chi connectivity index (χ1) is 12.9. The van der Waals surface area contributed by atoms with Gasteiger partial charge in [0, 0.05) is 13.0 Å². The first kappa shape index (κ1) is 19.0. The zero-order valence-electron chi connectivity index (χ0n) is 15.4. The second-order valence-electron chi connectivity index (χ2n) is 6.79. The van der Waals surface area contributed by atoms with Gasteiger partial charge in [0.05, 0.1) is 17.1 Å². The molecule has 0 spiro atoms. The number of carbonyl (C=O) groups is 1. The smallest absolute Gasteiger partial charge is 0.260 e. The Morgan fingerprint density at radius 3 is 2.74 bits per heavy atom. The Balaban J connectivity index is 1.99. The number of nitrogens with one attached hydrogen (secondary N) is 1. The molecule has 7 heteroatoms. The van der Waals surface area contributed by atoms with Crippen LogP contribution >= 0.6 is 0 Å². The molecule has 4 N–H and O–H groups in total. The van der Waals surface area contributed by atoms with Crippen molar-refractivity contribution in [1.82, 2.24) is 15.0 Å². The zero-order chi connectivity index (χ0) is 19.6. The van der Waals surface area contributed by atoms with Crippen LogP contribution in [0.15, 0.2) is 36.4 Å². The van der Waals surface area contributed by atoms with Crippen LogP contribution in [-0.2, 0) is 17.8 Å². The minimum Gasteiger partial charge on any atom is -0.323 e. The number of fused-ring (bicyclic) bond motifs is 1. The van der Waals surface area contributed by atoms with E-state index in [1.165, 1.54) is 12.1 Å². The molecule has 3 rings (SSSR count). The lowest BCUT2D eigenvalue weighted by molar-refractivity contribution is -0.130. The monoisotopic (exact) mass is 370 g/mol. The number of nitrogens with zero attached hydrogens (tertiary/aromatic N) is 2. The number of halogens is 1. The van der Waals surface area contributed by atoms with Gasteiger partial charge in [0.1, 0.15) is 11.6 Å². The van der Waals surface area contributed by atoms with Crippen molar-refractivity contribution in [3.8, 4) is 0 Å². The average Bonchev–Trinajstić information content (AvgIpc) is 2.96. The molecule has 0 aliphatic rings. The molecule has 6 nitrogen and oxygen atoms in total. The van der Waals surface area contributed by atoms with Gasteiger partial charge in [-0.05, 0) is 61.2 Å². The SMILES string of the molecule is Cc1cc2nc(CCC(N)C(=O)NO)n(Cc3cccc(F)c3)c2cc1C. The van der Waals surface area contributed by atoms with E-state index in [1.54, 1.807) is 11.5 Å². The Morgan fingerprint density at radius 2 is 2.04 bits per heavy atom. The molecule has 0 fully saturated rings. The summed E-state index contributed by atoms with van der Waals surface area (Å²) in [5.41, 5.74) is 12.3. The number of amides is 1. The van der Waals surface area contributed by atoms with Gasteiger partial charge in [-0.1, -0.05) is 12.1 Å². The number of nitrogens with two attached hydrogens (primary N) is 1. The summed E-state index contributed by atoms with van der Waals surface area (Å²) in [6.45, 7) is 4.53. The zero-order valence-corrected chi connectivity index (χ0v) is 15.4. The summed E-state index contributed by atoms with van der Waals surface area (Å²) < 4.78 is 15.6. The third-order valence-corrected chi connectivity index (χ3v) is 4.80. The highest BCUT2D eigenvalue weighted by Gasteiger charge is 2.17. The van der Waals surface area contributed by atoms with Crippen molar-refractivity contribution in [2.24, 2.45) is 5.73 Å². The summed E-state index contributed by atoms with van der Waals surface area (Å²) >= 11 is 0. The predicted octanol–water partition coefficient (Wildman–Crippen LogP) is 2.61. The number of hydroxylamine groups is 1. The third-order valence-electron chi connectivity index (χ3n) is 4.80. The van der Waals surface area contributed by atoms with Crippen LogP contribution in [0, 0.1) is 19.7 Å². The van der Waals surface area contributed by atoms with Gasteiger partial charge in [-0.25, -0.2) is 14.9 Å². The normalized spacial score (nSPS) is 12.3. The fourth-order valence-electron chi connectivity index (χ4n) is 3.11. The largest absolute Gasteiger partial charge is 0.323 e. The number of aromatic nitrogens is 2. The summed E-state index contributed by atoms with van der Waals surface area (Å²) in [6, 6.07) is 9.72. The molecule has 1 heterocycles. The number of aryl methyl sites for hydroxylation is 3. The number of carbonyl (C=O) groups excluding carboxylic acids is 1. The molecule has 0 radical (unpaired) electrons. The van der Waals surface area contributed by atoms with E-state index in [2.05, 4.69) is 6.07 Å². The van der Waals surface area contributed by atoms with Gasteiger partial charge in [-0.3, -0.25) is 10.0 Å². The minimum atomic E-state index is -0.832. The lowest BCUT2D eigenvalue weighted by Crippen LogP contribution is -2.39. The molecular formula is C20H23FN4O2. The van der Waals surface area contributed by atoms with Crippen LogP contribution in [0.4, 0.5) is 4.39 Å². The van der Waals surface area contributed by atoms with Gasteiger partial charge in [-0.2, -0.15) is 0 Å². The van der Waals surface area contributed by atoms with Gasteiger partial charge in [0.25, 0.3) is 5.91 Å². The molecule has 27 heavy (non-hydrogen) atoms. The summed E-state index contributed by atoms with van der Waals surface area (Å²) in [5, 5.41) is 8.72. The van der Waals surface area contributed by atoms with E-state index >= 15 is 0 Å². The Kier molecular flexibility index (Phi) is 5.53. The van der Waals surface area contributed by atoms with Crippen LogP contribution in [0.2, 0.25) is 0 Å². The van der Waals surface area contributed by atoms with Crippen molar-refractivity contribution in [3.63, 3.8) is 0 Å². The molecular weight excluding hydrogens is 347 g/mol. The molecule has 1 amide bonds. The molecule has 1 atom stereocenters. The van der Waals surface area contributed by atoms with Crippen LogP contribution < -0.4 is 11.2 Å². The summed E-state index contributed by atoms with van der Waals surface area (Å²) in [7, 11) is 0. The van der Waals surface area contributed by atoms with E-state index in [4.69, 9.17) is 15.9 Å². The predicted molar refractivity (Wildman–Crippen MR) is 101 cm³/mol. The Labute approximate surface area is 156 Å². The average molecular weight is 370 g/mol. The number of rotatable bonds is 6. The van der Waals surface area contributed by atoms with Gasteiger partial charge < -0.3 is 10.3 Å². The number of hydrogen-bond donors (Lipinski definition) is 3. The number of imidazole rings is 1. The van der Waals surface area contributed by atoms with Gasteiger partial charge in [-0.15, -0.1) is 0 Å².